The first-order valence-corrected chi connectivity index (χ1v) is 7.40. The van der Waals surface area contributed by atoms with E-state index in [4.69, 9.17) is 0 Å². The number of likely N-dealkylation sites (tertiary alicyclic amines) is 1. The summed E-state index contributed by atoms with van der Waals surface area (Å²) in [5.41, 5.74) is 1.48. The number of amides is 1. The summed E-state index contributed by atoms with van der Waals surface area (Å²) in [6, 6.07) is 0. The zero-order valence-corrected chi connectivity index (χ0v) is 12.6. The summed E-state index contributed by atoms with van der Waals surface area (Å²) in [5.74, 6) is 0.215. The molecule has 3 rings (SSSR count). The van der Waals surface area contributed by atoms with Gasteiger partial charge in [0.25, 0.3) is 0 Å². The van der Waals surface area contributed by atoms with Crippen molar-refractivity contribution in [2.24, 2.45) is 5.41 Å². The van der Waals surface area contributed by atoms with Gasteiger partial charge < -0.3 is 5.32 Å². The van der Waals surface area contributed by atoms with Crippen LogP contribution in [-0.4, -0.2) is 40.2 Å². The van der Waals surface area contributed by atoms with Gasteiger partial charge in [-0.2, -0.15) is 5.10 Å². The van der Waals surface area contributed by atoms with Crippen molar-refractivity contribution in [3.63, 3.8) is 0 Å². The molecular formula is C15H24N4O. The van der Waals surface area contributed by atoms with Crippen LogP contribution < -0.4 is 5.32 Å². The SMILES string of the molecule is CC(C)(C)n1cc(CN2CCC3(CNC(=O)C3)C2)cn1. The summed E-state index contributed by atoms with van der Waals surface area (Å²) in [6.07, 6.45) is 5.93. The van der Waals surface area contributed by atoms with E-state index < -0.39 is 0 Å². The van der Waals surface area contributed by atoms with E-state index in [0.717, 1.165) is 32.6 Å². The maximum Gasteiger partial charge on any atom is 0.220 e. The molecule has 110 valence electrons. The van der Waals surface area contributed by atoms with Crippen LogP contribution in [0.15, 0.2) is 12.4 Å². The number of carbonyl (C=O) groups excluding carboxylic acids is 1. The summed E-state index contributed by atoms with van der Waals surface area (Å²) >= 11 is 0. The number of rotatable bonds is 2. The second-order valence-corrected chi connectivity index (χ2v) is 7.38. The molecule has 2 fully saturated rings. The number of nitrogens with one attached hydrogen (secondary N) is 1. The zero-order chi connectivity index (χ0) is 14.4. The molecule has 1 aromatic heterocycles. The molecule has 5 nitrogen and oxygen atoms in total. The monoisotopic (exact) mass is 276 g/mol. The Morgan fingerprint density at radius 3 is 2.85 bits per heavy atom. The first kappa shape index (κ1) is 13.6. The van der Waals surface area contributed by atoms with Crippen molar-refractivity contribution < 1.29 is 4.79 Å². The molecule has 0 aliphatic carbocycles. The third-order valence-corrected chi connectivity index (χ3v) is 4.44. The van der Waals surface area contributed by atoms with Crippen molar-refractivity contribution in [3.05, 3.63) is 18.0 Å². The Balaban J connectivity index is 1.62. The minimum absolute atomic E-state index is 0.0340. The standard InChI is InChI=1S/C15H24N4O/c1-14(2,3)19-9-12(7-17-19)8-18-5-4-15(11-18)6-13(20)16-10-15/h7,9H,4-6,8,10-11H2,1-3H3,(H,16,20). The third-order valence-electron chi connectivity index (χ3n) is 4.44. The van der Waals surface area contributed by atoms with Gasteiger partial charge >= 0.3 is 0 Å². The first-order valence-electron chi connectivity index (χ1n) is 7.40. The van der Waals surface area contributed by atoms with Gasteiger partial charge in [0.05, 0.1) is 11.7 Å². The molecule has 3 heterocycles. The fraction of sp³-hybridized carbons (Fsp3) is 0.733. The molecule has 2 aliphatic rings. The molecule has 5 heteroatoms. The van der Waals surface area contributed by atoms with E-state index in [2.05, 4.69) is 42.3 Å². The Bertz CT molecular complexity index is 516. The quantitative estimate of drug-likeness (QED) is 0.887. The molecule has 2 saturated heterocycles. The molecule has 1 atom stereocenters. The molecule has 1 aromatic rings. The zero-order valence-electron chi connectivity index (χ0n) is 12.6. The molecule has 1 spiro atoms. The van der Waals surface area contributed by atoms with E-state index >= 15 is 0 Å². The smallest absolute Gasteiger partial charge is 0.220 e. The maximum absolute atomic E-state index is 11.4. The third kappa shape index (κ3) is 2.59. The van der Waals surface area contributed by atoms with Crippen LogP contribution in [0.4, 0.5) is 0 Å². The number of nitrogens with zero attached hydrogens (tertiary/aromatic N) is 3. The molecule has 0 saturated carbocycles. The largest absolute Gasteiger partial charge is 0.355 e. The van der Waals surface area contributed by atoms with Gasteiger partial charge in [0.2, 0.25) is 5.91 Å². The second kappa shape index (κ2) is 4.58. The van der Waals surface area contributed by atoms with E-state index in [9.17, 15) is 4.79 Å². The Morgan fingerprint density at radius 1 is 1.45 bits per heavy atom. The predicted octanol–water partition coefficient (Wildman–Crippen LogP) is 1.35. The molecule has 20 heavy (non-hydrogen) atoms. The fourth-order valence-electron chi connectivity index (χ4n) is 3.27. The normalized spacial score (nSPS) is 27.4. The summed E-state index contributed by atoms with van der Waals surface area (Å²) in [4.78, 5) is 13.9. The molecular weight excluding hydrogens is 252 g/mol. The highest BCUT2D eigenvalue weighted by molar-refractivity contribution is 5.79. The lowest BCUT2D eigenvalue weighted by molar-refractivity contribution is -0.119. The van der Waals surface area contributed by atoms with Gasteiger partial charge in [-0.25, -0.2) is 0 Å². The van der Waals surface area contributed by atoms with E-state index in [1.807, 2.05) is 10.9 Å². The average Bonchev–Trinajstić information content (AvgIpc) is 3.02. The number of hydrogen-bond donors (Lipinski definition) is 1. The van der Waals surface area contributed by atoms with Gasteiger partial charge in [-0.05, 0) is 33.7 Å². The molecule has 1 N–H and O–H groups in total. The van der Waals surface area contributed by atoms with Gasteiger partial charge in [0.15, 0.2) is 0 Å². The first-order chi connectivity index (χ1) is 9.36. The van der Waals surface area contributed by atoms with Crippen LogP contribution in [0.2, 0.25) is 0 Å². The topological polar surface area (TPSA) is 50.2 Å². The number of aromatic nitrogens is 2. The summed E-state index contributed by atoms with van der Waals surface area (Å²) in [7, 11) is 0. The molecule has 0 radical (unpaired) electrons. The molecule has 2 aliphatic heterocycles. The highest BCUT2D eigenvalue weighted by Gasteiger charge is 2.43. The van der Waals surface area contributed by atoms with E-state index in [1.54, 1.807) is 0 Å². The van der Waals surface area contributed by atoms with Gasteiger partial charge in [-0.3, -0.25) is 14.4 Å². The van der Waals surface area contributed by atoms with Gasteiger partial charge in [-0.15, -0.1) is 0 Å². The van der Waals surface area contributed by atoms with Crippen molar-refractivity contribution >= 4 is 5.91 Å². The minimum atomic E-state index is 0.0340. The van der Waals surface area contributed by atoms with E-state index in [-0.39, 0.29) is 16.9 Å². The van der Waals surface area contributed by atoms with Crippen LogP contribution in [0, 0.1) is 5.41 Å². The van der Waals surface area contributed by atoms with Crippen molar-refractivity contribution in [2.45, 2.75) is 45.7 Å². The summed E-state index contributed by atoms with van der Waals surface area (Å²) in [5, 5.41) is 7.43. The molecule has 1 unspecified atom stereocenters. The Kier molecular flexibility index (Phi) is 3.12. The Morgan fingerprint density at radius 2 is 2.25 bits per heavy atom. The number of carbonyl (C=O) groups is 1. The molecule has 0 aromatic carbocycles. The highest BCUT2D eigenvalue weighted by Crippen LogP contribution is 2.37. The lowest BCUT2D eigenvalue weighted by Gasteiger charge is -2.21. The van der Waals surface area contributed by atoms with Gasteiger partial charge in [0.1, 0.15) is 0 Å². The molecule has 0 bridgehead atoms. The lowest BCUT2D eigenvalue weighted by Crippen LogP contribution is -2.29. The predicted molar refractivity (Wildman–Crippen MR) is 77.2 cm³/mol. The molecule has 1 amide bonds. The van der Waals surface area contributed by atoms with E-state index in [0.29, 0.717) is 6.42 Å². The average molecular weight is 276 g/mol. The Hall–Kier alpha value is -1.36. The van der Waals surface area contributed by atoms with Gasteiger partial charge in [0, 0.05) is 43.2 Å². The van der Waals surface area contributed by atoms with Crippen LogP contribution in [-0.2, 0) is 16.9 Å². The van der Waals surface area contributed by atoms with Crippen molar-refractivity contribution in [2.75, 3.05) is 19.6 Å². The second-order valence-electron chi connectivity index (χ2n) is 7.38. The maximum atomic E-state index is 11.4. The van der Waals surface area contributed by atoms with Crippen LogP contribution in [0.5, 0.6) is 0 Å². The van der Waals surface area contributed by atoms with Crippen LogP contribution in [0.3, 0.4) is 0 Å². The fourth-order valence-corrected chi connectivity index (χ4v) is 3.27. The van der Waals surface area contributed by atoms with Crippen molar-refractivity contribution in [3.8, 4) is 0 Å². The highest BCUT2D eigenvalue weighted by atomic mass is 16.1. The van der Waals surface area contributed by atoms with Gasteiger partial charge in [-0.1, -0.05) is 0 Å². The van der Waals surface area contributed by atoms with Crippen LogP contribution >= 0.6 is 0 Å². The number of hydrogen-bond acceptors (Lipinski definition) is 3. The van der Waals surface area contributed by atoms with Crippen LogP contribution in [0.1, 0.15) is 39.2 Å². The Labute approximate surface area is 120 Å². The van der Waals surface area contributed by atoms with Crippen molar-refractivity contribution in [1.82, 2.24) is 20.0 Å². The van der Waals surface area contributed by atoms with Crippen molar-refractivity contribution in [1.29, 1.82) is 0 Å². The minimum Gasteiger partial charge on any atom is -0.355 e. The lowest BCUT2D eigenvalue weighted by atomic mass is 9.86. The summed E-state index contributed by atoms with van der Waals surface area (Å²) < 4.78 is 2.02. The van der Waals surface area contributed by atoms with E-state index in [1.165, 1.54) is 5.56 Å². The summed E-state index contributed by atoms with van der Waals surface area (Å²) in [6.45, 7) is 10.4. The van der Waals surface area contributed by atoms with Crippen LogP contribution in [0.25, 0.3) is 0 Å².